The second-order valence-corrected chi connectivity index (χ2v) is 15.2. The second kappa shape index (κ2) is 32.9. The molecule has 0 radical (unpaired) electrons. The molecule has 4 rings (SSSR count). The van der Waals surface area contributed by atoms with Crippen molar-refractivity contribution < 1.29 is 33.6 Å². The van der Waals surface area contributed by atoms with Gasteiger partial charge in [-0.15, -0.1) is 23.5 Å². The van der Waals surface area contributed by atoms with Crippen molar-refractivity contribution in [2.45, 2.75) is 37.5 Å². The summed E-state index contributed by atoms with van der Waals surface area (Å²) in [5, 5.41) is 8.55. The van der Waals surface area contributed by atoms with Gasteiger partial charge in [0.05, 0.1) is 19.6 Å². The average Bonchev–Trinajstić information content (AvgIpc) is 3.17. The van der Waals surface area contributed by atoms with E-state index in [-0.39, 0.29) is 6.61 Å². The largest absolute Gasteiger partial charge is 0.396 e. The molecule has 4 aromatic rings. The number of carbonyl (C=O) groups is 4. The van der Waals surface area contributed by atoms with E-state index in [1.165, 1.54) is 0 Å². The predicted molar refractivity (Wildman–Crippen MR) is 209 cm³/mol. The second-order valence-electron chi connectivity index (χ2n) is 9.46. The molecule has 0 amide bonds. The van der Waals surface area contributed by atoms with E-state index in [0.29, 0.717) is 29.8 Å². The molecule has 0 saturated heterocycles. The number of carbonyl (C=O) groups excluding carboxylic acids is 4. The monoisotopic (exact) mass is 726 g/mol. The van der Waals surface area contributed by atoms with Gasteiger partial charge < -0.3 is 14.4 Å². The lowest BCUT2D eigenvalue weighted by Crippen LogP contribution is -1.99. The molecular weight excluding hydrogens is 676 g/mol. The van der Waals surface area contributed by atoms with Gasteiger partial charge >= 0.3 is 0 Å². The van der Waals surface area contributed by atoms with Crippen LogP contribution in [0.15, 0.2) is 119 Å². The number of rotatable bonds is 13. The zero-order valence-electron chi connectivity index (χ0n) is 29.4. The van der Waals surface area contributed by atoms with Gasteiger partial charge in [0.25, 0.3) is 0 Å². The van der Waals surface area contributed by atoms with Gasteiger partial charge in [-0.1, -0.05) is 113 Å². The van der Waals surface area contributed by atoms with Gasteiger partial charge in [0.1, 0.15) is 32.3 Å². The van der Waals surface area contributed by atoms with Crippen LogP contribution in [0, 0.1) is 0 Å². The van der Waals surface area contributed by atoms with Gasteiger partial charge in [-0.25, -0.2) is 0 Å². The first-order chi connectivity index (χ1) is 23.7. The molecule has 0 aliphatic carbocycles. The highest BCUT2D eigenvalue weighted by Gasteiger charge is 2.06. The van der Waals surface area contributed by atoms with Gasteiger partial charge in [-0.05, 0) is 37.6 Å². The van der Waals surface area contributed by atoms with Crippen LogP contribution in [0.3, 0.4) is 0 Å². The van der Waals surface area contributed by atoms with Crippen LogP contribution in [-0.2, 0) is 9.30 Å². The van der Waals surface area contributed by atoms with Crippen molar-refractivity contribution in [1.82, 2.24) is 0 Å². The van der Waals surface area contributed by atoms with Gasteiger partial charge in [0.15, 0.2) is 0 Å². The molecule has 0 unspecified atom stereocenters. The van der Waals surface area contributed by atoms with E-state index in [0.717, 1.165) is 51.8 Å². The Kier molecular flexibility index (Phi) is 31.9. The van der Waals surface area contributed by atoms with Crippen LogP contribution in [-0.4, -0.2) is 74.6 Å². The highest BCUT2D eigenvalue weighted by Crippen LogP contribution is 2.35. The van der Waals surface area contributed by atoms with E-state index in [4.69, 9.17) is 9.84 Å². The minimum Gasteiger partial charge on any atom is -0.396 e. The molecule has 7 nitrogen and oxygen atoms in total. The highest BCUT2D eigenvalue weighted by atomic mass is 32.2. The molecule has 1 N–H and O–H groups in total. The van der Waals surface area contributed by atoms with Crippen molar-refractivity contribution in [2.75, 3.05) is 44.4 Å². The fourth-order valence-corrected chi connectivity index (χ4v) is 5.00. The number of aliphatic hydroxyl groups is 1. The molecule has 266 valence electrons. The first-order valence-corrected chi connectivity index (χ1v) is 20.6. The maximum absolute atomic E-state index is 11.4. The van der Waals surface area contributed by atoms with Crippen LogP contribution in [0.4, 0.5) is 0 Å². The number of aldehydes is 4. The van der Waals surface area contributed by atoms with Crippen molar-refractivity contribution in [3.05, 3.63) is 131 Å². The SMILES string of the molecule is CC.CC.CP(C)(=O)COCCSc1ccc(C=O)cc1.O=Cc1ccc(SCCO)cc1.O=Cc1ccccc1.O=Cc1ccccc1. The summed E-state index contributed by atoms with van der Waals surface area (Å²) in [6.07, 6.45) is 3.66. The van der Waals surface area contributed by atoms with E-state index < -0.39 is 7.14 Å². The van der Waals surface area contributed by atoms with Crippen molar-refractivity contribution in [3.63, 3.8) is 0 Å². The zero-order chi connectivity index (χ0) is 37.2. The Labute approximate surface area is 301 Å². The van der Waals surface area contributed by atoms with Crippen LogP contribution >= 0.6 is 30.7 Å². The summed E-state index contributed by atoms with van der Waals surface area (Å²) < 4.78 is 16.7. The fourth-order valence-electron chi connectivity index (χ4n) is 3.01. The fraction of sp³-hybridized carbons (Fsp3) is 0.282. The Morgan fingerprint density at radius 3 is 1.16 bits per heavy atom. The highest BCUT2D eigenvalue weighted by molar-refractivity contribution is 7.99. The normalized spacial score (nSPS) is 9.37. The third kappa shape index (κ3) is 28.0. The topological polar surface area (TPSA) is 115 Å². The lowest BCUT2D eigenvalue weighted by atomic mass is 10.2. The summed E-state index contributed by atoms with van der Waals surface area (Å²) in [6, 6.07) is 32.9. The molecule has 0 spiro atoms. The molecule has 0 atom stereocenters. The van der Waals surface area contributed by atoms with Crippen molar-refractivity contribution in [3.8, 4) is 0 Å². The van der Waals surface area contributed by atoms with E-state index in [1.54, 1.807) is 85.4 Å². The molecular formula is C39H51O7PS2. The summed E-state index contributed by atoms with van der Waals surface area (Å²) in [7, 11) is -2.06. The predicted octanol–water partition coefficient (Wildman–Crippen LogP) is 9.82. The van der Waals surface area contributed by atoms with E-state index >= 15 is 0 Å². The molecule has 0 fully saturated rings. The Hall–Kier alpha value is -3.59. The van der Waals surface area contributed by atoms with Gasteiger partial charge in [0.2, 0.25) is 0 Å². The Bertz CT molecular complexity index is 1370. The summed E-state index contributed by atoms with van der Waals surface area (Å²) in [5.41, 5.74) is 2.83. The summed E-state index contributed by atoms with van der Waals surface area (Å²) >= 11 is 3.23. The maximum atomic E-state index is 11.4. The molecule has 0 bridgehead atoms. The lowest BCUT2D eigenvalue weighted by molar-refractivity contribution is 0.111. The van der Waals surface area contributed by atoms with Gasteiger partial charge in [-0.2, -0.15) is 0 Å². The van der Waals surface area contributed by atoms with Crippen LogP contribution in [0.2, 0.25) is 0 Å². The molecule has 0 saturated carbocycles. The molecule has 0 aliphatic heterocycles. The zero-order valence-corrected chi connectivity index (χ0v) is 31.9. The molecule has 0 aliphatic rings. The van der Waals surface area contributed by atoms with Crippen molar-refractivity contribution >= 4 is 55.8 Å². The smallest absolute Gasteiger partial charge is 0.150 e. The molecule has 10 heteroatoms. The number of ether oxygens (including phenoxy) is 1. The molecule has 0 aromatic heterocycles. The number of benzene rings is 4. The van der Waals surface area contributed by atoms with E-state index in [9.17, 15) is 23.7 Å². The standard InChI is InChI=1S/C12H17O3PS.C9H10O2S.2C7H6O.2C2H6/c1-16(2,14)10-15-7-8-17-12-5-3-11(9-13)4-6-12;10-5-6-12-9-3-1-8(7-11)2-4-9;2*8-6-7-4-2-1-3-5-7;2*1-2/h3-6,9H,7-8,10H2,1-2H3;1-4,7,10H,5-6H2;2*1-6H;2*1-2H3. The van der Waals surface area contributed by atoms with E-state index in [2.05, 4.69) is 0 Å². The Balaban J connectivity index is 0. The number of hydrogen-bond acceptors (Lipinski definition) is 9. The maximum Gasteiger partial charge on any atom is 0.150 e. The number of thioether (sulfide) groups is 2. The van der Waals surface area contributed by atoms with Crippen molar-refractivity contribution in [2.24, 2.45) is 0 Å². The summed E-state index contributed by atoms with van der Waals surface area (Å²) in [4.78, 5) is 42.9. The Morgan fingerprint density at radius 1 is 0.551 bits per heavy atom. The first kappa shape index (κ1) is 47.5. The summed E-state index contributed by atoms with van der Waals surface area (Å²) in [5.74, 6) is 1.51. The molecule has 0 heterocycles. The number of aliphatic hydroxyl groups excluding tert-OH is 1. The molecule has 49 heavy (non-hydrogen) atoms. The summed E-state index contributed by atoms with van der Waals surface area (Å²) in [6.45, 7) is 12.2. The van der Waals surface area contributed by atoms with Crippen LogP contribution in [0.1, 0.15) is 69.1 Å². The molecule has 4 aromatic carbocycles. The van der Waals surface area contributed by atoms with Crippen molar-refractivity contribution in [1.29, 1.82) is 0 Å². The average molecular weight is 727 g/mol. The first-order valence-electron chi connectivity index (χ1n) is 15.8. The van der Waals surface area contributed by atoms with Crippen LogP contribution < -0.4 is 0 Å². The minimum absolute atomic E-state index is 0.181. The van der Waals surface area contributed by atoms with Gasteiger partial charge in [-0.3, -0.25) is 19.2 Å². The minimum atomic E-state index is -2.06. The third-order valence-corrected chi connectivity index (χ3v) is 7.94. The third-order valence-electron chi connectivity index (χ3n) is 5.16. The number of hydrogen-bond donors (Lipinski definition) is 1. The Morgan fingerprint density at radius 2 is 0.878 bits per heavy atom. The van der Waals surface area contributed by atoms with Crippen LogP contribution in [0.5, 0.6) is 0 Å². The van der Waals surface area contributed by atoms with E-state index in [1.807, 2.05) is 88.4 Å². The van der Waals surface area contributed by atoms with Gasteiger partial charge in [0, 0.05) is 43.6 Å². The quantitative estimate of drug-likeness (QED) is 0.0622. The van der Waals surface area contributed by atoms with Crippen LogP contribution in [0.25, 0.3) is 0 Å². The lowest BCUT2D eigenvalue weighted by Gasteiger charge is -2.07.